The second-order valence-corrected chi connectivity index (χ2v) is 10.9. The minimum atomic E-state index is -0.680. The summed E-state index contributed by atoms with van der Waals surface area (Å²) in [6.45, 7) is 12.4. The molecule has 196 valence electrons. The number of hydrogen-bond acceptors (Lipinski definition) is 3. The summed E-state index contributed by atoms with van der Waals surface area (Å²) in [6.07, 6.45) is 0.412. The van der Waals surface area contributed by atoms with Crippen LogP contribution in [0, 0.1) is 6.92 Å². The second kappa shape index (κ2) is 12.6. The number of benzene rings is 3. The zero-order valence-electron chi connectivity index (χ0n) is 23.0. The molecule has 2 amide bonds. The molecule has 0 aliphatic heterocycles. The average molecular weight is 501 g/mol. The molecule has 0 heterocycles. The van der Waals surface area contributed by atoms with Crippen LogP contribution in [0.3, 0.4) is 0 Å². The van der Waals surface area contributed by atoms with Gasteiger partial charge < -0.3 is 15.0 Å². The van der Waals surface area contributed by atoms with E-state index in [1.54, 1.807) is 4.90 Å². The molecular formula is C32H40N2O3. The summed E-state index contributed by atoms with van der Waals surface area (Å²) < 4.78 is 6.10. The van der Waals surface area contributed by atoms with E-state index in [1.165, 1.54) is 0 Å². The van der Waals surface area contributed by atoms with Gasteiger partial charge >= 0.3 is 0 Å². The fourth-order valence-electron chi connectivity index (χ4n) is 4.26. The SMILES string of the molecule is Cc1ccc(CN(C(=O)COc2ccccc2C(C)(C)C)C(Cc2ccccc2)C(=O)NC(C)C)cc1. The van der Waals surface area contributed by atoms with E-state index in [1.807, 2.05) is 99.6 Å². The fraction of sp³-hybridized carbons (Fsp3) is 0.375. The van der Waals surface area contributed by atoms with E-state index in [9.17, 15) is 9.59 Å². The molecule has 0 bridgehead atoms. The highest BCUT2D eigenvalue weighted by atomic mass is 16.5. The van der Waals surface area contributed by atoms with E-state index in [2.05, 4.69) is 26.1 Å². The molecule has 3 rings (SSSR count). The van der Waals surface area contributed by atoms with E-state index in [-0.39, 0.29) is 29.9 Å². The van der Waals surface area contributed by atoms with Crippen LogP contribution in [0.5, 0.6) is 5.75 Å². The third kappa shape index (κ3) is 8.21. The van der Waals surface area contributed by atoms with Crippen LogP contribution in [-0.2, 0) is 28.0 Å². The Labute approximate surface area is 221 Å². The molecule has 1 unspecified atom stereocenters. The van der Waals surface area contributed by atoms with Crippen molar-refractivity contribution >= 4 is 11.8 Å². The summed E-state index contributed by atoms with van der Waals surface area (Å²) in [6, 6.07) is 25.0. The van der Waals surface area contributed by atoms with Crippen molar-refractivity contribution in [2.75, 3.05) is 6.61 Å². The lowest BCUT2D eigenvalue weighted by Gasteiger charge is -2.32. The number of ether oxygens (including phenoxy) is 1. The number of nitrogens with one attached hydrogen (secondary N) is 1. The number of carbonyl (C=O) groups excluding carboxylic acids is 2. The number of aryl methyl sites for hydroxylation is 1. The molecule has 1 N–H and O–H groups in total. The van der Waals surface area contributed by atoms with Crippen LogP contribution >= 0.6 is 0 Å². The molecule has 0 fully saturated rings. The predicted molar refractivity (Wildman–Crippen MR) is 150 cm³/mol. The van der Waals surface area contributed by atoms with E-state index in [0.717, 1.165) is 22.3 Å². The first-order chi connectivity index (χ1) is 17.5. The van der Waals surface area contributed by atoms with Crippen molar-refractivity contribution in [3.05, 3.63) is 101 Å². The molecular weight excluding hydrogens is 460 g/mol. The van der Waals surface area contributed by atoms with Gasteiger partial charge in [0.25, 0.3) is 5.91 Å². The van der Waals surface area contributed by atoms with Crippen LogP contribution in [0.1, 0.15) is 56.9 Å². The predicted octanol–water partition coefficient (Wildman–Crippen LogP) is 5.84. The van der Waals surface area contributed by atoms with Crippen LogP contribution in [0.25, 0.3) is 0 Å². The van der Waals surface area contributed by atoms with Crippen LogP contribution in [0.2, 0.25) is 0 Å². The van der Waals surface area contributed by atoms with Crippen molar-refractivity contribution in [3.8, 4) is 5.75 Å². The lowest BCUT2D eigenvalue weighted by molar-refractivity contribution is -0.143. The highest BCUT2D eigenvalue weighted by Gasteiger charge is 2.31. The van der Waals surface area contributed by atoms with Crippen molar-refractivity contribution in [2.24, 2.45) is 0 Å². The van der Waals surface area contributed by atoms with Crippen LogP contribution < -0.4 is 10.1 Å². The molecule has 1 atom stereocenters. The highest BCUT2D eigenvalue weighted by molar-refractivity contribution is 5.88. The topological polar surface area (TPSA) is 58.6 Å². The van der Waals surface area contributed by atoms with Gasteiger partial charge in [-0.15, -0.1) is 0 Å². The first kappa shape index (κ1) is 28.0. The smallest absolute Gasteiger partial charge is 0.261 e. The molecule has 0 radical (unpaired) electrons. The summed E-state index contributed by atoms with van der Waals surface area (Å²) in [5, 5.41) is 3.02. The molecule has 0 aromatic heterocycles. The van der Waals surface area contributed by atoms with Gasteiger partial charge in [-0.25, -0.2) is 0 Å². The average Bonchev–Trinajstić information content (AvgIpc) is 2.85. The third-order valence-corrected chi connectivity index (χ3v) is 6.22. The summed E-state index contributed by atoms with van der Waals surface area (Å²) >= 11 is 0. The van der Waals surface area contributed by atoms with E-state index < -0.39 is 6.04 Å². The Morgan fingerprint density at radius 1 is 0.865 bits per heavy atom. The van der Waals surface area contributed by atoms with Gasteiger partial charge in [0.05, 0.1) is 0 Å². The van der Waals surface area contributed by atoms with E-state index in [4.69, 9.17) is 4.74 Å². The Hall–Kier alpha value is -3.60. The first-order valence-corrected chi connectivity index (χ1v) is 13.0. The maximum Gasteiger partial charge on any atom is 0.261 e. The monoisotopic (exact) mass is 500 g/mol. The van der Waals surface area contributed by atoms with Gasteiger partial charge in [0.15, 0.2) is 6.61 Å². The summed E-state index contributed by atoms with van der Waals surface area (Å²) in [5.41, 5.74) is 4.00. The second-order valence-electron chi connectivity index (χ2n) is 10.9. The summed E-state index contributed by atoms with van der Waals surface area (Å²) in [5.74, 6) is 0.281. The van der Waals surface area contributed by atoms with Crippen molar-refractivity contribution in [3.63, 3.8) is 0 Å². The maximum atomic E-state index is 13.8. The van der Waals surface area contributed by atoms with E-state index >= 15 is 0 Å². The van der Waals surface area contributed by atoms with Gasteiger partial charge in [-0.1, -0.05) is 99.1 Å². The van der Waals surface area contributed by atoms with Gasteiger partial charge in [0.2, 0.25) is 5.91 Å². The van der Waals surface area contributed by atoms with Gasteiger partial charge in [0, 0.05) is 19.0 Å². The van der Waals surface area contributed by atoms with Crippen LogP contribution in [0.15, 0.2) is 78.9 Å². The number of nitrogens with zero attached hydrogens (tertiary/aromatic N) is 1. The Morgan fingerprint density at radius 2 is 1.49 bits per heavy atom. The quantitative estimate of drug-likeness (QED) is 0.381. The van der Waals surface area contributed by atoms with Gasteiger partial charge in [-0.05, 0) is 48.9 Å². The molecule has 0 aliphatic carbocycles. The van der Waals surface area contributed by atoms with Gasteiger partial charge in [-0.2, -0.15) is 0 Å². The normalized spacial score (nSPS) is 12.2. The Bertz CT molecular complexity index is 1160. The molecule has 3 aromatic carbocycles. The minimum Gasteiger partial charge on any atom is -0.483 e. The van der Waals surface area contributed by atoms with Gasteiger partial charge in [0.1, 0.15) is 11.8 Å². The maximum absolute atomic E-state index is 13.8. The molecule has 0 aliphatic rings. The van der Waals surface area contributed by atoms with Crippen molar-refractivity contribution in [1.29, 1.82) is 0 Å². The standard InChI is InChI=1S/C32H40N2O3/c1-23(2)33-31(36)28(20-25-12-8-7-9-13-25)34(21-26-18-16-24(3)17-19-26)30(35)22-37-29-15-11-10-14-27(29)32(4,5)6/h7-19,23,28H,20-22H2,1-6H3,(H,33,36). The lowest BCUT2D eigenvalue weighted by atomic mass is 9.86. The molecule has 0 saturated heterocycles. The highest BCUT2D eigenvalue weighted by Crippen LogP contribution is 2.31. The zero-order valence-corrected chi connectivity index (χ0v) is 23.0. The van der Waals surface area contributed by atoms with Gasteiger partial charge in [-0.3, -0.25) is 9.59 Å². The first-order valence-electron chi connectivity index (χ1n) is 13.0. The Morgan fingerprint density at radius 3 is 2.11 bits per heavy atom. The molecule has 5 nitrogen and oxygen atoms in total. The molecule has 0 spiro atoms. The zero-order chi connectivity index (χ0) is 27.0. The molecule has 37 heavy (non-hydrogen) atoms. The lowest BCUT2D eigenvalue weighted by Crippen LogP contribution is -2.52. The largest absolute Gasteiger partial charge is 0.483 e. The number of carbonyl (C=O) groups is 2. The van der Waals surface area contributed by atoms with Crippen molar-refractivity contribution in [2.45, 2.75) is 72.0 Å². The molecule has 3 aromatic rings. The van der Waals surface area contributed by atoms with Crippen LogP contribution in [-0.4, -0.2) is 35.4 Å². The molecule has 5 heteroatoms. The Balaban J connectivity index is 1.93. The number of hydrogen-bond donors (Lipinski definition) is 1. The van der Waals surface area contributed by atoms with Crippen molar-refractivity contribution < 1.29 is 14.3 Å². The fourth-order valence-corrected chi connectivity index (χ4v) is 4.26. The summed E-state index contributed by atoms with van der Waals surface area (Å²) in [4.78, 5) is 28.9. The van der Waals surface area contributed by atoms with Crippen molar-refractivity contribution in [1.82, 2.24) is 10.2 Å². The summed E-state index contributed by atoms with van der Waals surface area (Å²) in [7, 11) is 0. The Kier molecular flexibility index (Phi) is 9.51. The number of amides is 2. The van der Waals surface area contributed by atoms with Crippen LogP contribution in [0.4, 0.5) is 0 Å². The molecule has 0 saturated carbocycles. The minimum absolute atomic E-state index is 0.0444. The number of para-hydroxylation sites is 1. The third-order valence-electron chi connectivity index (χ3n) is 6.22. The number of rotatable bonds is 10. The van der Waals surface area contributed by atoms with E-state index in [0.29, 0.717) is 18.7 Å².